The highest BCUT2D eigenvalue weighted by molar-refractivity contribution is 5.10. The summed E-state index contributed by atoms with van der Waals surface area (Å²) in [6, 6.07) is 0. The van der Waals surface area contributed by atoms with Crippen molar-refractivity contribution < 1.29 is 0 Å². The molecule has 2 heteroatoms. The fourth-order valence-corrected chi connectivity index (χ4v) is 1.15. The van der Waals surface area contributed by atoms with Crippen LogP contribution in [0.15, 0.2) is 0 Å². The predicted octanol–water partition coefficient (Wildman–Crippen LogP) is 1.47. The Labute approximate surface area is 60.7 Å². The van der Waals surface area contributed by atoms with Crippen LogP contribution in [0.2, 0.25) is 0 Å². The van der Waals surface area contributed by atoms with Crippen LogP contribution in [-0.2, 0) is 6.42 Å². The molecule has 0 unspecified atom stereocenters. The largest absolute Gasteiger partial charge is 0.339 e. The number of hydrogen-bond donors (Lipinski definition) is 1. The molecule has 1 aliphatic carbocycles. The number of aromatic nitrogens is 2. The normalized spacial score (nSPS) is 17.7. The van der Waals surface area contributed by atoms with E-state index in [1.54, 1.807) is 0 Å². The quantitative estimate of drug-likeness (QED) is 0.653. The molecule has 2 nitrogen and oxygen atoms in total. The molecule has 53 valence electrons. The third-order valence-corrected chi connectivity index (χ3v) is 2.06. The van der Waals surface area contributed by atoms with Crippen molar-refractivity contribution in [1.29, 1.82) is 0 Å². The SMILES string of the molecule is Cc1n[c][nH]c1CC1CC1. The molecule has 1 saturated carbocycles. The topological polar surface area (TPSA) is 28.7 Å². The molecule has 1 N–H and O–H groups in total. The molecule has 1 aromatic rings. The molecule has 0 bridgehead atoms. The van der Waals surface area contributed by atoms with Crippen molar-refractivity contribution in [3.05, 3.63) is 17.7 Å². The van der Waals surface area contributed by atoms with Gasteiger partial charge in [0, 0.05) is 5.69 Å². The van der Waals surface area contributed by atoms with Crippen LogP contribution in [0.3, 0.4) is 0 Å². The Kier molecular flexibility index (Phi) is 1.26. The summed E-state index contributed by atoms with van der Waals surface area (Å²) in [5.41, 5.74) is 2.40. The summed E-state index contributed by atoms with van der Waals surface area (Å²) in [5.74, 6) is 0.938. The number of nitrogens with one attached hydrogen (secondary N) is 1. The van der Waals surface area contributed by atoms with Gasteiger partial charge in [0.15, 0.2) is 6.33 Å². The van der Waals surface area contributed by atoms with E-state index in [1.165, 1.54) is 25.0 Å². The van der Waals surface area contributed by atoms with Crippen molar-refractivity contribution in [2.24, 2.45) is 5.92 Å². The highest BCUT2D eigenvalue weighted by Gasteiger charge is 2.22. The van der Waals surface area contributed by atoms with Crippen molar-refractivity contribution in [2.45, 2.75) is 26.2 Å². The molecular weight excluding hydrogens is 124 g/mol. The van der Waals surface area contributed by atoms with Crippen LogP contribution in [0.4, 0.5) is 0 Å². The van der Waals surface area contributed by atoms with Crippen LogP contribution >= 0.6 is 0 Å². The number of aryl methyl sites for hydroxylation is 1. The lowest BCUT2D eigenvalue weighted by Crippen LogP contribution is -1.89. The van der Waals surface area contributed by atoms with Crippen molar-refractivity contribution in [2.75, 3.05) is 0 Å². The molecule has 0 amide bonds. The molecule has 0 aromatic carbocycles. The van der Waals surface area contributed by atoms with Crippen LogP contribution < -0.4 is 0 Å². The molecule has 0 atom stereocenters. The smallest absolute Gasteiger partial charge is 0.174 e. The third-order valence-electron chi connectivity index (χ3n) is 2.06. The van der Waals surface area contributed by atoms with E-state index in [-0.39, 0.29) is 0 Å². The number of imidazole rings is 1. The van der Waals surface area contributed by atoms with Gasteiger partial charge in [-0.15, -0.1) is 0 Å². The van der Waals surface area contributed by atoms with Gasteiger partial charge >= 0.3 is 0 Å². The lowest BCUT2D eigenvalue weighted by Gasteiger charge is -1.93. The van der Waals surface area contributed by atoms with Crippen molar-refractivity contribution >= 4 is 0 Å². The first-order chi connectivity index (χ1) is 4.86. The summed E-state index contributed by atoms with van der Waals surface area (Å²) in [6.07, 6.45) is 6.74. The van der Waals surface area contributed by atoms with Gasteiger partial charge in [0.1, 0.15) is 0 Å². The first-order valence-electron chi connectivity index (χ1n) is 3.78. The minimum absolute atomic E-state index is 0.938. The van der Waals surface area contributed by atoms with Gasteiger partial charge in [-0.3, -0.25) is 0 Å². The van der Waals surface area contributed by atoms with Gasteiger partial charge < -0.3 is 4.98 Å². The summed E-state index contributed by atoms with van der Waals surface area (Å²) in [5, 5.41) is 0. The first kappa shape index (κ1) is 5.96. The molecule has 1 fully saturated rings. The number of rotatable bonds is 2. The van der Waals surface area contributed by atoms with E-state index < -0.39 is 0 Å². The monoisotopic (exact) mass is 135 g/mol. The van der Waals surface area contributed by atoms with E-state index in [0.29, 0.717) is 0 Å². The summed E-state index contributed by atoms with van der Waals surface area (Å²) >= 11 is 0. The Morgan fingerprint density at radius 1 is 1.70 bits per heavy atom. The zero-order valence-corrected chi connectivity index (χ0v) is 6.15. The van der Waals surface area contributed by atoms with Crippen LogP contribution in [-0.4, -0.2) is 9.97 Å². The molecule has 1 aromatic heterocycles. The van der Waals surface area contributed by atoms with Crippen LogP contribution in [0.5, 0.6) is 0 Å². The second kappa shape index (κ2) is 2.11. The summed E-state index contributed by atoms with van der Waals surface area (Å²) in [6.45, 7) is 2.03. The lowest BCUT2D eigenvalue weighted by molar-refractivity contribution is 0.803. The molecule has 1 aliphatic rings. The minimum atomic E-state index is 0.938. The second-order valence-corrected chi connectivity index (χ2v) is 3.06. The highest BCUT2D eigenvalue weighted by Crippen LogP contribution is 2.32. The highest BCUT2D eigenvalue weighted by atomic mass is 14.9. The number of hydrogen-bond acceptors (Lipinski definition) is 1. The maximum atomic E-state index is 4.02. The van der Waals surface area contributed by atoms with Gasteiger partial charge in [0.25, 0.3) is 0 Å². The average Bonchev–Trinajstić information content (AvgIpc) is 2.62. The predicted molar refractivity (Wildman–Crippen MR) is 38.6 cm³/mol. The average molecular weight is 135 g/mol. The summed E-state index contributed by atoms with van der Waals surface area (Å²) in [4.78, 5) is 7.06. The van der Waals surface area contributed by atoms with Gasteiger partial charge in [-0.25, -0.2) is 4.98 Å². The summed E-state index contributed by atoms with van der Waals surface area (Å²) in [7, 11) is 0. The molecular formula is C8H11N2. The maximum Gasteiger partial charge on any atom is 0.174 e. The molecule has 0 aliphatic heterocycles. The van der Waals surface area contributed by atoms with Crippen molar-refractivity contribution in [3.8, 4) is 0 Å². The Bertz CT molecular complexity index is 223. The molecule has 1 radical (unpaired) electrons. The van der Waals surface area contributed by atoms with Gasteiger partial charge in [-0.05, 0) is 32.1 Å². The van der Waals surface area contributed by atoms with Gasteiger partial charge in [-0.1, -0.05) is 0 Å². The Hall–Kier alpha value is -0.790. The second-order valence-electron chi connectivity index (χ2n) is 3.06. The number of nitrogens with zero attached hydrogens (tertiary/aromatic N) is 1. The van der Waals surface area contributed by atoms with Crippen LogP contribution in [0.25, 0.3) is 0 Å². The van der Waals surface area contributed by atoms with E-state index in [9.17, 15) is 0 Å². The maximum absolute atomic E-state index is 4.02. The Morgan fingerprint density at radius 2 is 2.50 bits per heavy atom. The molecule has 1 heterocycles. The van der Waals surface area contributed by atoms with Crippen LogP contribution in [0, 0.1) is 19.2 Å². The fourth-order valence-electron chi connectivity index (χ4n) is 1.15. The van der Waals surface area contributed by atoms with Gasteiger partial charge in [0.2, 0.25) is 0 Å². The lowest BCUT2D eigenvalue weighted by atomic mass is 10.2. The molecule has 0 saturated heterocycles. The van der Waals surface area contributed by atoms with E-state index >= 15 is 0 Å². The minimum Gasteiger partial charge on any atom is -0.339 e. The van der Waals surface area contributed by atoms with E-state index in [4.69, 9.17) is 0 Å². The summed E-state index contributed by atoms with van der Waals surface area (Å²) < 4.78 is 0. The Morgan fingerprint density at radius 3 is 3.00 bits per heavy atom. The standard InChI is InChI=1S/C8H11N2/c1-6-8(10-5-9-6)4-7-2-3-7/h7H,2-4H2,1H3,(H,9,10). The van der Waals surface area contributed by atoms with E-state index in [1.807, 2.05) is 6.92 Å². The fraction of sp³-hybridized carbons (Fsp3) is 0.625. The number of H-pyrrole nitrogens is 1. The molecule has 2 rings (SSSR count). The zero-order valence-electron chi connectivity index (χ0n) is 6.15. The van der Waals surface area contributed by atoms with Crippen LogP contribution in [0.1, 0.15) is 24.2 Å². The van der Waals surface area contributed by atoms with Crippen molar-refractivity contribution in [1.82, 2.24) is 9.97 Å². The van der Waals surface area contributed by atoms with Gasteiger partial charge in [-0.2, -0.15) is 0 Å². The number of aromatic amines is 1. The van der Waals surface area contributed by atoms with Gasteiger partial charge in [0.05, 0.1) is 5.69 Å². The Balaban J connectivity index is 2.08. The first-order valence-corrected chi connectivity index (χ1v) is 3.78. The zero-order chi connectivity index (χ0) is 6.97. The van der Waals surface area contributed by atoms with E-state index in [0.717, 1.165) is 11.6 Å². The molecule has 0 spiro atoms. The molecule has 10 heavy (non-hydrogen) atoms. The van der Waals surface area contributed by atoms with E-state index in [2.05, 4.69) is 16.3 Å². The van der Waals surface area contributed by atoms with Crippen molar-refractivity contribution in [3.63, 3.8) is 0 Å². The third kappa shape index (κ3) is 1.06.